The maximum absolute atomic E-state index is 5.52. The van der Waals surface area contributed by atoms with Gasteiger partial charge in [-0.3, -0.25) is 0 Å². The van der Waals surface area contributed by atoms with Crippen molar-refractivity contribution in [3.8, 4) is 0 Å². The van der Waals surface area contributed by atoms with Crippen LogP contribution in [0.2, 0.25) is 0 Å². The zero-order valence-electron chi connectivity index (χ0n) is 16.5. The van der Waals surface area contributed by atoms with Gasteiger partial charge in [0.05, 0.1) is 18.6 Å². The Balaban J connectivity index is 1.69. The van der Waals surface area contributed by atoms with Crippen LogP contribution in [0, 0.1) is 20.8 Å². The molecule has 4 rings (SSSR count). The maximum Gasteiger partial charge on any atom is 0.141 e. The Morgan fingerprint density at radius 2 is 1.85 bits per heavy atom. The zero-order valence-corrected chi connectivity index (χ0v) is 17.3. The van der Waals surface area contributed by atoms with Gasteiger partial charge in [0, 0.05) is 37.2 Å². The summed E-state index contributed by atoms with van der Waals surface area (Å²) in [6, 6.07) is 8.68. The summed E-state index contributed by atoms with van der Waals surface area (Å²) in [4.78, 5) is 16.5. The van der Waals surface area contributed by atoms with Gasteiger partial charge in [-0.15, -0.1) is 11.3 Å². The van der Waals surface area contributed by atoms with Gasteiger partial charge in [-0.05, 0) is 38.0 Å². The molecule has 27 heavy (non-hydrogen) atoms. The number of anilines is 2. The number of aryl methyl sites for hydroxylation is 3. The second-order valence-electron chi connectivity index (χ2n) is 7.14. The van der Waals surface area contributed by atoms with Crippen LogP contribution in [0.3, 0.4) is 0 Å². The fourth-order valence-corrected chi connectivity index (χ4v) is 4.77. The van der Waals surface area contributed by atoms with E-state index in [0.29, 0.717) is 0 Å². The molecule has 5 nitrogen and oxygen atoms in total. The van der Waals surface area contributed by atoms with Gasteiger partial charge < -0.3 is 14.5 Å². The average molecular weight is 383 g/mol. The molecular weight excluding hydrogens is 356 g/mol. The monoisotopic (exact) mass is 382 g/mol. The first-order valence-electron chi connectivity index (χ1n) is 9.40. The van der Waals surface area contributed by atoms with Crippen LogP contribution in [0.5, 0.6) is 0 Å². The van der Waals surface area contributed by atoms with E-state index < -0.39 is 0 Å². The maximum atomic E-state index is 5.52. The Bertz CT molecular complexity index is 962. The molecular formula is C21H26N4OS. The van der Waals surface area contributed by atoms with Crippen LogP contribution in [0.4, 0.5) is 11.5 Å². The fourth-order valence-electron chi connectivity index (χ4n) is 3.70. The smallest absolute Gasteiger partial charge is 0.141 e. The minimum atomic E-state index is 0.795. The van der Waals surface area contributed by atoms with Crippen molar-refractivity contribution in [2.75, 3.05) is 43.2 Å². The summed E-state index contributed by atoms with van der Waals surface area (Å²) in [6.07, 6.45) is 0. The summed E-state index contributed by atoms with van der Waals surface area (Å²) < 4.78 is 5.52. The van der Waals surface area contributed by atoms with E-state index in [1.807, 2.05) is 6.92 Å². The van der Waals surface area contributed by atoms with Crippen LogP contribution in [0.25, 0.3) is 10.2 Å². The number of fused-ring (bicyclic) bond motifs is 1. The highest BCUT2D eigenvalue weighted by Crippen LogP contribution is 2.35. The third-order valence-electron chi connectivity index (χ3n) is 5.23. The fraction of sp³-hybridized carbons (Fsp3) is 0.429. The van der Waals surface area contributed by atoms with Gasteiger partial charge in [0.25, 0.3) is 0 Å². The highest BCUT2D eigenvalue weighted by atomic mass is 32.1. The number of rotatable bonds is 4. The molecule has 0 spiro atoms. The lowest BCUT2D eigenvalue weighted by atomic mass is 10.1. The predicted octanol–water partition coefficient (Wildman–Crippen LogP) is 4.09. The van der Waals surface area contributed by atoms with E-state index in [9.17, 15) is 0 Å². The lowest BCUT2D eigenvalue weighted by molar-refractivity contribution is 0.122. The Morgan fingerprint density at radius 1 is 1.11 bits per heavy atom. The third kappa shape index (κ3) is 3.51. The molecule has 1 fully saturated rings. The lowest BCUT2D eigenvalue weighted by Gasteiger charge is -2.31. The van der Waals surface area contributed by atoms with Gasteiger partial charge in [-0.1, -0.05) is 18.2 Å². The molecule has 0 atom stereocenters. The number of nitrogens with zero attached hydrogens (tertiary/aromatic N) is 4. The van der Waals surface area contributed by atoms with E-state index in [1.54, 1.807) is 11.3 Å². The lowest BCUT2D eigenvalue weighted by Crippen LogP contribution is -2.37. The molecule has 0 saturated carbocycles. The van der Waals surface area contributed by atoms with Crippen LogP contribution in [0.15, 0.2) is 24.3 Å². The summed E-state index contributed by atoms with van der Waals surface area (Å²) in [6.45, 7) is 10.6. The first kappa shape index (κ1) is 18.2. The summed E-state index contributed by atoms with van der Waals surface area (Å²) >= 11 is 1.76. The van der Waals surface area contributed by atoms with Gasteiger partial charge >= 0.3 is 0 Å². The van der Waals surface area contributed by atoms with Crippen LogP contribution in [-0.2, 0) is 11.3 Å². The molecule has 6 heteroatoms. The normalized spacial score (nSPS) is 14.7. The molecule has 2 aromatic heterocycles. The van der Waals surface area contributed by atoms with Crippen molar-refractivity contribution in [2.45, 2.75) is 27.3 Å². The number of benzene rings is 1. The second-order valence-corrected chi connectivity index (χ2v) is 8.35. The minimum absolute atomic E-state index is 0.795. The topological polar surface area (TPSA) is 41.5 Å². The van der Waals surface area contributed by atoms with E-state index in [0.717, 1.165) is 49.3 Å². The van der Waals surface area contributed by atoms with Crippen LogP contribution in [0.1, 0.15) is 21.8 Å². The predicted molar refractivity (Wildman–Crippen MR) is 113 cm³/mol. The summed E-state index contributed by atoms with van der Waals surface area (Å²) in [5.74, 6) is 1.85. The molecule has 0 N–H and O–H groups in total. The number of morpholine rings is 1. The molecule has 0 radical (unpaired) electrons. The number of hydrogen-bond acceptors (Lipinski definition) is 6. The van der Waals surface area contributed by atoms with Gasteiger partial charge in [-0.2, -0.15) is 0 Å². The highest BCUT2D eigenvalue weighted by Gasteiger charge is 2.19. The Morgan fingerprint density at radius 3 is 2.63 bits per heavy atom. The molecule has 0 aliphatic carbocycles. The van der Waals surface area contributed by atoms with E-state index in [2.05, 4.69) is 59.9 Å². The molecule has 3 heterocycles. The number of ether oxygens (including phenoxy) is 1. The quantitative estimate of drug-likeness (QED) is 0.680. The molecule has 1 aliphatic heterocycles. The number of hydrogen-bond donors (Lipinski definition) is 0. The van der Waals surface area contributed by atoms with E-state index in [4.69, 9.17) is 9.72 Å². The van der Waals surface area contributed by atoms with Gasteiger partial charge in [0.15, 0.2) is 0 Å². The SMILES string of the molecule is Cc1nc(N(C)Cc2ccccc2N2CCOCC2)c2c(C)c(C)sc2n1. The van der Waals surface area contributed by atoms with Crippen molar-refractivity contribution in [1.82, 2.24) is 9.97 Å². The Kier molecular flexibility index (Phi) is 5.02. The number of para-hydroxylation sites is 1. The summed E-state index contributed by atoms with van der Waals surface area (Å²) in [5.41, 5.74) is 3.90. The molecule has 142 valence electrons. The molecule has 0 bridgehead atoms. The van der Waals surface area contributed by atoms with Crippen LogP contribution >= 0.6 is 11.3 Å². The minimum Gasteiger partial charge on any atom is -0.378 e. The summed E-state index contributed by atoms with van der Waals surface area (Å²) in [7, 11) is 2.13. The van der Waals surface area contributed by atoms with Crippen molar-refractivity contribution < 1.29 is 4.74 Å². The number of aromatic nitrogens is 2. The summed E-state index contributed by atoms with van der Waals surface area (Å²) in [5, 5.41) is 1.19. The van der Waals surface area contributed by atoms with Gasteiger partial charge in [0.2, 0.25) is 0 Å². The molecule has 1 aliphatic rings. The molecule has 1 saturated heterocycles. The second kappa shape index (κ2) is 7.44. The molecule has 0 amide bonds. The van der Waals surface area contributed by atoms with Gasteiger partial charge in [0.1, 0.15) is 16.5 Å². The third-order valence-corrected chi connectivity index (χ3v) is 6.33. The van der Waals surface area contributed by atoms with Crippen LogP contribution < -0.4 is 9.80 Å². The Labute approximate surface area is 164 Å². The van der Waals surface area contributed by atoms with E-state index in [1.165, 1.54) is 27.1 Å². The first-order valence-corrected chi connectivity index (χ1v) is 10.2. The Hall–Kier alpha value is -2.18. The average Bonchev–Trinajstić information content (AvgIpc) is 2.96. The van der Waals surface area contributed by atoms with Crippen molar-refractivity contribution in [2.24, 2.45) is 0 Å². The van der Waals surface area contributed by atoms with Crippen molar-refractivity contribution >= 4 is 33.1 Å². The highest BCUT2D eigenvalue weighted by molar-refractivity contribution is 7.18. The largest absolute Gasteiger partial charge is 0.378 e. The van der Waals surface area contributed by atoms with Crippen molar-refractivity contribution in [1.29, 1.82) is 0 Å². The van der Waals surface area contributed by atoms with Crippen molar-refractivity contribution in [3.05, 3.63) is 46.1 Å². The standard InChI is InChI=1S/C21H26N4OS/c1-14-15(2)27-21-19(14)20(22-16(3)23-21)24(4)13-17-7-5-6-8-18(17)25-9-11-26-12-10-25/h5-8H,9-13H2,1-4H3. The zero-order chi connectivity index (χ0) is 19.0. The molecule has 1 aromatic carbocycles. The first-order chi connectivity index (χ1) is 13.0. The van der Waals surface area contributed by atoms with Gasteiger partial charge in [-0.25, -0.2) is 9.97 Å². The van der Waals surface area contributed by atoms with Crippen LogP contribution in [-0.4, -0.2) is 43.3 Å². The molecule has 3 aromatic rings. The van der Waals surface area contributed by atoms with E-state index in [-0.39, 0.29) is 0 Å². The van der Waals surface area contributed by atoms with E-state index >= 15 is 0 Å². The number of thiophene rings is 1. The van der Waals surface area contributed by atoms with Crippen molar-refractivity contribution in [3.63, 3.8) is 0 Å². The molecule has 0 unspecified atom stereocenters.